The summed E-state index contributed by atoms with van der Waals surface area (Å²) >= 11 is 6.01. The lowest BCUT2D eigenvalue weighted by Crippen LogP contribution is -2.41. The van der Waals surface area contributed by atoms with Gasteiger partial charge in [-0.1, -0.05) is 48.0 Å². The highest BCUT2D eigenvalue weighted by molar-refractivity contribution is 6.30. The summed E-state index contributed by atoms with van der Waals surface area (Å²) in [5.74, 6) is -4.64. The van der Waals surface area contributed by atoms with Crippen LogP contribution in [0.5, 0.6) is 0 Å². The molecule has 1 amide bonds. The van der Waals surface area contributed by atoms with Gasteiger partial charge in [0.1, 0.15) is 0 Å². The van der Waals surface area contributed by atoms with Gasteiger partial charge in [-0.2, -0.15) is 13.2 Å². The molecule has 3 aromatic rings. The standard InChI is InChI=1S/C21H18ClF3N4O4/c22-14-3-1-2-13(9-14)12-6-4-11(5-7-12)8-15(10-16(30)19(32)33)26-18(31)17-27-20(29-28-17)21(23,24)25/h1-7,9,15-16,30H,8,10H2,(H,26,31)(H,32,33)(H,27,28,29)/t15-,16-/m1/s1. The number of alkyl halides is 3. The zero-order valence-electron chi connectivity index (χ0n) is 16.8. The maximum Gasteiger partial charge on any atom is 0.451 e. The van der Waals surface area contributed by atoms with Gasteiger partial charge in [-0.05, 0) is 35.2 Å². The van der Waals surface area contributed by atoms with Gasteiger partial charge >= 0.3 is 12.1 Å². The monoisotopic (exact) mass is 482 g/mol. The molecule has 0 saturated heterocycles. The van der Waals surface area contributed by atoms with E-state index in [0.29, 0.717) is 10.6 Å². The molecule has 0 unspecified atom stereocenters. The van der Waals surface area contributed by atoms with Crippen molar-refractivity contribution in [3.8, 4) is 11.1 Å². The van der Waals surface area contributed by atoms with Gasteiger partial charge in [0.25, 0.3) is 5.91 Å². The average molecular weight is 483 g/mol. The van der Waals surface area contributed by atoms with Crippen molar-refractivity contribution in [2.75, 3.05) is 0 Å². The summed E-state index contributed by atoms with van der Waals surface area (Å²) in [6.07, 6.45) is -6.87. The summed E-state index contributed by atoms with van der Waals surface area (Å²) in [4.78, 5) is 25.2. The van der Waals surface area contributed by atoms with Gasteiger partial charge in [0.05, 0.1) is 0 Å². The molecule has 0 saturated carbocycles. The van der Waals surface area contributed by atoms with Crippen molar-refractivity contribution in [1.82, 2.24) is 20.5 Å². The first-order valence-corrected chi connectivity index (χ1v) is 9.97. The molecule has 0 radical (unpaired) electrons. The third-order valence-corrected chi connectivity index (χ3v) is 4.93. The summed E-state index contributed by atoms with van der Waals surface area (Å²) < 4.78 is 38.0. The Morgan fingerprint density at radius 3 is 2.36 bits per heavy atom. The van der Waals surface area contributed by atoms with Crippen molar-refractivity contribution in [1.29, 1.82) is 0 Å². The molecule has 1 aromatic heterocycles. The summed E-state index contributed by atoms with van der Waals surface area (Å²) in [7, 11) is 0. The van der Waals surface area contributed by atoms with Gasteiger partial charge in [-0.15, -0.1) is 10.2 Å². The fraction of sp³-hybridized carbons (Fsp3) is 0.238. The van der Waals surface area contributed by atoms with E-state index in [2.05, 4.69) is 15.5 Å². The van der Waals surface area contributed by atoms with Gasteiger partial charge in [0.2, 0.25) is 11.6 Å². The predicted octanol–water partition coefficient (Wildman–Crippen LogP) is 3.32. The lowest BCUT2D eigenvalue weighted by Gasteiger charge is -2.20. The first kappa shape index (κ1) is 24.2. The van der Waals surface area contributed by atoms with Crippen LogP contribution in [0.4, 0.5) is 13.2 Å². The van der Waals surface area contributed by atoms with Crippen LogP contribution in [0.2, 0.25) is 5.02 Å². The molecule has 0 bridgehead atoms. The Kier molecular flexibility index (Phi) is 7.34. The van der Waals surface area contributed by atoms with Crippen molar-refractivity contribution >= 4 is 23.5 Å². The number of benzene rings is 2. The van der Waals surface area contributed by atoms with Crippen molar-refractivity contribution in [3.63, 3.8) is 0 Å². The first-order chi connectivity index (χ1) is 15.5. The van der Waals surface area contributed by atoms with Crippen LogP contribution in [0.1, 0.15) is 28.4 Å². The number of hydrogen-bond acceptors (Lipinski definition) is 5. The Morgan fingerprint density at radius 2 is 1.79 bits per heavy atom. The number of carbonyl (C=O) groups is 2. The minimum absolute atomic E-state index is 0.103. The van der Waals surface area contributed by atoms with Crippen molar-refractivity contribution < 1.29 is 33.0 Å². The third-order valence-electron chi connectivity index (χ3n) is 4.69. The number of aliphatic hydroxyl groups is 1. The van der Waals surface area contributed by atoms with E-state index >= 15 is 0 Å². The maximum atomic E-state index is 12.7. The molecule has 0 aliphatic rings. The summed E-state index contributed by atoms with van der Waals surface area (Å²) in [5.41, 5.74) is 2.44. The molecule has 0 aliphatic heterocycles. The highest BCUT2D eigenvalue weighted by Gasteiger charge is 2.36. The van der Waals surface area contributed by atoms with Crippen LogP contribution in [0, 0.1) is 0 Å². The Hall–Kier alpha value is -3.44. The molecule has 0 aliphatic carbocycles. The quantitative estimate of drug-likeness (QED) is 0.390. The van der Waals surface area contributed by atoms with Crippen LogP contribution < -0.4 is 5.32 Å². The number of aromatic nitrogens is 3. The van der Waals surface area contributed by atoms with E-state index in [1.165, 1.54) is 0 Å². The number of hydrogen-bond donors (Lipinski definition) is 4. The van der Waals surface area contributed by atoms with E-state index in [9.17, 15) is 27.9 Å². The summed E-state index contributed by atoms with van der Waals surface area (Å²) in [5, 5.41) is 27.8. The van der Waals surface area contributed by atoms with Crippen molar-refractivity contribution in [2.24, 2.45) is 0 Å². The number of nitrogens with zero attached hydrogens (tertiary/aromatic N) is 2. The second kappa shape index (κ2) is 10.0. The second-order valence-electron chi connectivity index (χ2n) is 7.19. The van der Waals surface area contributed by atoms with Crippen molar-refractivity contribution in [2.45, 2.75) is 31.2 Å². The number of carboxylic acids is 1. The maximum absolute atomic E-state index is 12.7. The zero-order chi connectivity index (χ0) is 24.2. The molecule has 1 heterocycles. The zero-order valence-corrected chi connectivity index (χ0v) is 17.6. The molecule has 3 rings (SSSR count). The number of rotatable bonds is 8. The number of carboxylic acid groups (broad SMARTS) is 1. The third kappa shape index (κ3) is 6.53. The lowest BCUT2D eigenvalue weighted by molar-refractivity contribution is -0.147. The van der Waals surface area contributed by atoms with Crippen LogP contribution in [0.3, 0.4) is 0 Å². The summed E-state index contributed by atoms with van der Waals surface area (Å²) in [6, 6.07) is 13.4. The molecule has 174 valence electrons. The molecule has 2 aromatic carbocycles. The second-order valence-corrected chi connectivity index (χ2v) is 7.63. The normalized spacial score (nSPS) is 13.4. The van der Waals surface area contributed by atoms with E-state index in [-0.39, 0.29) is 12.8 Å². The largest absolute Gasteiger partial charge is 0.479 e. The fourth-order valence-electron chi connectivity index (χ4n) is 3.10. The Morgan fingerprint density at radius 1 is 1.09 bits per heavy atom. The van der Waals surface area contributed by atoms with E-state index < -0.39 is 41.8 Å². The number of aliphatic carboxylic acids is 1. The molecule has 33 heavy (non-hydrogen) atoms. The van der Waals surface area contributed by atoms with Gasteiger partial charge in [0, 0.05) is 17.5 Å². The smallest absolute Gasteiger partial charge is 0.451 e. The molecule has 0 spiro atoms. The Balaban J connectivity index is 1.75. The molecule has 2 atom stereocenters. The van der Waals surface area contributed by atoms with E-state index in [1.54, 1.807) is 47.4 Å². The average Bonchev–Trinajstić information content (AvgIpc) is 3.25. The molecule has 12 heteroatoms. The van der Waals surface area contributed by atoms with E-state index in [4.69, 9.17) is 16.7 Å². The number of aromatic amines is 1. The van der Waals surface area contributed by atoms with E-state index in [0.717, 1.165) is 11.1 Å². The first-order valence-electron chi connectivity index (χ1n) is 9.59. The summed E-state index contributed by atoms with van der Waals surface area (Å²) in [6.45, 7) is 0. The van der Waals surface area contributed by atoms with Gasteiger partial charge < -0.3 is 20.5 Å². The topological polar surface area (TPSA) is 128 Å². The number of carbonyl (C=O) groups excluding carboxylic acids is 1. The van der Waals surface area contributed by atoms with Gasteiger partial charge in [-0.25, -0.2) is 4.79 Å². The van der Waals surface area contributed by atoms with Crippen LogP contribution in [-0.2, 0) is 17.4 Å². The number of H-pyrrole nitrogens is 1. The highest BCUT2D eigenvalue weighted by atomic mass is 35.5. The highest BCUT2D eigenvalue weighted by Crippen LogP contribution is 2.26. The fourth-order valence-corrected chi connectivity index (χ4v) is 3.29. The molecule has 8 nitrogen and oxygen atoms in total. The number of halogens is 4. The number of amides is 1. The minimum atomic E-state index is -4.81. The Bertz CT molecular complexity index is 1140. The molecular weight excluding hydrogens is 465 g/mol. The number of nitrogens with one attached hydrogen (secondary N) is 2. The Labute approximate surface area is 190 Å². The molecular formula is C21H18ClF3N4O4. The van der Waals surface area contributed by atoms with Crippen LogP contribution in [-0.4, -0.2) is 49.4 Å². The predicted molar refractivity (Wildman–Crippen MR) is 111 cm³/mol. The SMILES string of the molecule is O=C(N[C@H](Cc1ccc(-c2cccc(Cl)c2)cc1)C[C@@H](O)C(=O)O)c1nnc(C(F)(F)F)[nH]1. The van der Waals surface area contributed by atoms with Crippen LogP contribution in [0.25, 0.3) is 11.1 Å². The number of aliphatic hydroxyl groups excluding tert-OH is 1. The van der Waals surface area contributed by atoms with Gasteiger partial charge in [0.15, 0.2) is 6.10 Å². The molecule has 0 fully saturated rings. The van der Waals surface area contributed by atoms with Gasteiger partial charge in [-0.3, -0.25) is 4.79 Å². The van der Waals surface area contributed by atoms with Crippen LogP contribution >= 0.6 is 11.6 Å². The van der Waals surface area contributed by atoms with Crippen molar-refractivity contribution in [3.05, 3.63) is 70.8 Å². The van der Waals surface area contributed by atoms with Crippen LogP contribution in [0.15, 0.2) is 48.5 Å². The minimum Gasteiger partial charge on any atom is -0.479 e. The van der Waals surface area contributed by atoms with E-state index in [1.807, 2.05) is 6.07 Å². The molecule has 4 N–H and O–H groups in total. The lowest BCUT2D eigenvalue weighted by atomic mass is 9.98.